The molecule has 0 bridgehead atoms. The number of hydrogen-bond donors (Lipinski definition) is 2. The number of amides is 1. The first-order chi connectivity index (χ1) is 16.8. The molecule has 3 aromatic rings. The third kappa shape index (κ3) is 6.60. The van der Waals surface area contributed by atoms with Crippen LogP contribution in [0.3, 0.4) is 0 Å². The summed E-state index contributed by atoms with van der Waals surface area (Å²) in [6, 6.07) is 17.2. The Morgan fingerprint density at radius 1 is 0.943 bits per heavy atom. The van der Waals surface area contributed by atoms with E-state index in [4.69, 9.17) is 4.74 Å². The Labute approximate surface area is 207 Å². The molecule has 1 saturated carbocycles. The van der Waals surface area contributed by atoms with Gasteiger partial charge in [0.2, 0.25) is 5.88 Å². The van der Waals surface area contributed by atoms with Gasteiger partial charge in [0, 0.05) is 17.7 Å². The highest BCUT2D eigenvalue weighted by Crippen LogP contribution is 2.33. The van der Waals surface area contributed by atoms with Crippen LogP contribution in [-0.2, 0) is 10.0 Å². The lowest BCUT2D eigenvalue weighted by atomic mass is 9.84. The molecule has 7 nitrogen and oxygen atoms in total. The predicted octanol–water partition coefficient (Wildman–Crippen LogP) is 5.86. The molecule has 1 aliphatic rings. The first-order valence-corrected chi connectivity index (χ1v) is 13.5. The van der Waals surface area contributed by atoms with Gasteiger partial charge in [-0.1, -0.05) is 31.4 Å². The molecule has 0 atom stereocenters. The SMILES string of the molecule is CC(C)NC(=O)c1ccc(Oc2ccc(NS(=O)(=O)c3ccc(C4CCCCC4)cc3)cn2)cc1. The van der Waals surface area contributed by atoms with Crippen LogP contribution in [0.2, 0.25) is 0 Å². The first-order valence-electron chi connectivity index (χ1n) is 12.0. The zero-order chi connectivity index (χ0) is 24.8. The minimum atomic E-state index is -3.72. The molecular formula is C27H31N3O4S. The maximum Gasteiger partial charge on any atom is 0.261 e. The normalized spacial score (nSPS) is 14.5. The van der Waals surface area contributed by atoms with Gasteiger partial charge in [0.15, 0.2) is 0 Å². The lowest BCUT2D eigenvalue weighted by Crippen LogP contribution is -2.29. The Morgan fingerprint density at radius 3 is 2.23 bits per heavy atom. The fourth-order valence-electron chi connectivity index (χ4n) is 4.21. The molecule has 4 rings (SSSR count). The van der Waals surface area contributed by atoms with Gasteiger partial charge in [0.1, 0.15) is 5.75 Å². The third-order valence-corrected chi connectivity index (χ3v) is 7.41. The number of nitrogens with zero attached hydrogens (tertiary/aromatic N) is 1. The summed E-state index contributed by atoms with van der Waals surface area (Å²) in [5, 5.41) is 2.83. The number of carbonyl (C=O) groups is 1. The summed E-state index contributed by atoms with van der Waals surface area (Å²) in [5.74, 6) is 1.21. The third-order valence-electron chi connectivity index (χ3n) is 6.01. The number of sulfonamides is 1. The minimum Gasteiger partial charge on any atom is -0.439 e. The largest absolute Gasteiger partial charge is 0.439 e. The average molecular weight is 494 g/mol. The number of ether oxygens (including phenoxy) is 1. The second-order valence-electron chi connectivity index (χ2n) is 9.15. The van der Waals surface area contributed by atoms with Gasteiger partial charge >= 0.3 is 0 Å². The molecule has 0 spiro atoms. The summed E-state index contributed by atoms with van der Waals surface area (Å²) in [7, 11) is -3.72. The molecule has 1 aliphatic carbocycles. The Morgan fingerprint density at radius 2 is 1.63 bits per heavy atom. The van der Waals surface area contributed by atoms with E-state index in [1.54, 1.807) is 48.5 Å². The van der Waals surface area contributed by atoms with Crippen molar-refractivity contribution in [2.45, 2.75) is 62.8 Å². The van der Waals surface area contributed by atoms with Crippen molar-refractivity contribution >= 4 is 21.6 Å². The number of carbonyl (C=O) groups excluding carboxylic acids is 1. The smallest absolute Gasteiger partial charge is 0.261 e. The minimum absolute atomic E-state index is 0.0551. The molecule has 1 amide bonds. The molecule has 1 aromatic heterocycles. The second-order valence-corrected chi connectivity index (χ2v) is 10.8. The Hall–Kier alpha value is -3.39. The van der Waals surface area contributed by atoms with Gasteiger partial charge in [-0.25, -0.2) is 13.4 Å². The molecule has 1 fully saturated rings. The number of benzene rings is 2. The van der Waals surface area contributed by atoms with E-state index in [1.807, 2.05) is 26.0 Å². The molecule has 0 aliphatic heterocycles. The molecule has 8 heteroatoms. The highest BCUT2D eigenvalue weighted by atomic mass is 32.2. The van der Waals surface area contributed by atoms with Crippen LogP contribution in [0.4, 0.5) is 5.69 Å². The van der Waals surface area contributed by atoms with Gasteiger partial charge in [-0.05, 0) is 80.6 Å². The number of hydrogen-bond acceptors (Lipinski definition) is 5. The van der Waals surface area contributed by atoms with Gasteiger partial charge in [0.25, 0.3) is 15.9 Å². The summed E-state index contributed by atoms with van der Waals surface area (Å²) in [6.45, 7) is 3.80. The van der Waals surface area contributed by atoms with Crippen LogP contribution in [0.15, 0.2) is 71.8 Å². The van der Waals surface area contributed by atoms with Crippen LogP contribution in [0.25, 0.3) is 0 Å². The van der Waals surface area contributed by atoms with Crippen molar-refractivity contribution in [3.05, 3.63) is 78.0 Å². The van der Waals surface area contributed by atoms with E-state index in [-0.39, 0.29) is 16.8 Å². The van der Waals surface area contributed by atoms with E-state index in [0.29, 0.717) is 28.8 Å². The highest BCUT2D eigenvalue weighted by Gasteiger charge is 2.18. The van der Waals surface area contributed by atoms with E-state index >= 15 is 0 Å². The van der Waals surface area contributed by atoms with Gasteiger partial charge in [0.05, 0.1) is 16.8 Å². The van der Waals surface area contributed by atoms with Crippen LogP contribution in [0.5, 0.6) is 11.6 Å². The summed E-state index contributed by atoms with van der Waals surface area (Å²) in [4.78, 5) is 16.5. The Kier molecular flexibility index (Phi) is 7.70. The van der Waals surface area contributed by atoms with Crippen molar-refractivity contribution in [1.29, 1.82) is 0 Å². The topological polar surface area (TPSA) is 97.4 Å². The lowest BCUT2D eigenvalue weighted by Gasteiger charge is -2.22. The second kappa shape index (κ2) is 10.9. The van der Waals surface area contributed by atoms with Crippen LogP contribution < -0.4 is 14.8 Å². The van der Waals surface area contributed by atoms with Crippen molar-refractivity contribution in [1.82, 2.24) is 10.3 Å². The first kappa shape index (κ1) is 24.7. The van der Waals surface area contributed by atoms with Crippen LogP contribution in [0, 0.1) is 0 Å². The molecule has 184 valence electrons. The molecule has 2 aromatic carbocycles. The molecule has 35 heavy (non-hydrogen) atoms. The fourth-order valence-corrected chi connectivity index (χ4v) is 5.25. The van der Waals surface area contributed by atoms with Crippen LogP contribution in [-0.4, -0.2) is 25.4 Å². The van der Waals surface area contributed by atoms with Crippen molar-refractivity contribution in [3.8, 4) is 11.6 Å². The van der Waals surface area contributed by atoms with Crippen molar-refractivity contribution in [2.75, 3.05) is 4.72 Å². The zero-order valence-electron chi connectivity index (χ0n) is 20.0. The van der Waals surface area contributed by atoms with Gasteiger partial charge in [-0.3, -0.25) is 9.52 Å². The van der Waals surface area contributed by atoms with Gasteiger partial charge in [-0.2, -0.15) is 0 Å². The number of pyridine rings is 1. The number of aromatic nitrogens is 1. The van der Waals surface area contributed by atoms with Gasteiger partial charge < -0.3 is 10.1 Å². The molecule has 0 saturated heterocycles. The maximum absolute atomic E-state index is 12.8. The Bertz CT molecular complexity index is 1230. The Balaban J connectivity index is 1.36. The van der Waals surface area contributed by atoms with E-state index < -0.39 is 10.0 Å². The van der Waals surface area contributed by atoms with Crippen molar-refractivity contribution in [3.63, 3.8) is 0 Å². The van der Waals surface area contributed by atoms with E-state index in [9.17, 15) is 13.2 Å². The number of rotatable bonds is 8. The van der Waals surface area contributed by atoms with Gasteiger partial charge in [-0.15, -0.1) is 0 Å². The lowest BCUT2D eigenvalue weighted by molar-refractivity contribution is 0.0943. The average Bonchev–Trinajstić information content (AvgIpc) is 2.86. The summed E-state index contributed by atoms with van der Waals surface area (Å²) < 4.78 is 33.9. The fraction of sp³-hybridized carbons (Fsp3) is 0.333. The number of nitrogens with one attached hydrogen (secondary N) is 2. The van der Waals surface area contributed by atoms with Crippen LogP contribution >= 0.6 is 0 Å². The summed E-state index contributed by atoms with van der Waals surface area (Å²) in [6.07, 6.45) is 7.51. The van der Waals surface area contributed by atoms with Crippen molar-refractivity contribution < 1.29 is 17.9 Å². The van der Waals surface area contributed by atoms with E-state index in [0.717, 1.165) is 0 Å². The van der Waals surface area contributed by atoms with E-state index in [2.05, 4.69) is 15.0 Å². The molecular weight excluding hydrogens is 462 g/mol. The highest BCUT2D eigenvalue weighted by molar-refractivity contribution is 7.92. The standard InChI is InChI=1S/C27H31N3O4S/c1-19(2)29-27(31)22-8-13-24(14-9-22)34-26-17-12-23(18-28-26)30-35(32,33)25-15-10-21(11-16-25)20-6-4-3-5-7-20/h8-20,30H,3-7H2,1-2H3,(H,29,31). The molecule has 2 N–H and O–H groups in total. The predicted molar refractivity (Wildman–Crippen MR) is 136 cm³/mol. The zero-order valence-corrected chi connectivity index (χ0v) is 20.8. The molecule has 0 radical (unpaired) electrons. The van der Waals surface area contributed by atoms with Crippen molar-refractivity contribution in [2.24, 2.45) is 0 Å². The summed E-state index contributed by atoms with van der Waals surface area (Å²) in [5.41, 5.74) is 2.09. The number of anilines is 1. The van der Waals surface area contributed by atoms with Crippen LogP contribution in [0.1, 0.15) is 67.8 Å². The summed E-state index contributed by atoms with van der Waals surface area (Å²) >= 11 is 0. The van der Waals surface area contributed by atoms with E-state index in [1.165, 1.54) is 43.9 Å². The maximum atomic E-state index is 12.8. The molecule has 1 heterocycles. The quantitative estimate of drug-likeness (QED) is 0.410. The monoisotopic (exact) mass is 493 g/mol. The molecule has 0 unspecified atom stereocenters.